The molecule has 1 fully saturated rings. The molecule has 0 spiro atoms. The van der Waals surface area contributed by atoms with Gasteiger partial charge in [-0.2, -0.15) is 26.3 Å². The van der Waals surface area contributed by atoms with Gasteiger partial charge in [-0.1, -0.05) is 60.7 Å². The fourth-order valence-corrected chi connectivity index (χ4v) is 17.6. The van der Waals surface area contributed by atoms with E-state index in [0.29, 0.717) is 157 Å². The summed E-state index contributed by atoms with van der Waals surface area (Å²) in [5, 5.41) is 64.5. The minimum Gasteiger partial charge on any atom is -0.497 e. The van der Waals surface area contributed by atoms with Gasteiger partial charge in [0.05, 0.1) is 156 Å². The van der Waals surface area contributed by atoms with Gasteiger partial charge in [-0.25, -0.2) is 27.6 Å². The number of amides is 4. The first-order valence-electron chi connectivity index (χ1n) is 45.9. The number of methoxy groups -OCH3 is 4. The zero-order valence-electron chi connectivity index (χ0n) is 80.8. The molecule has 5 aromatic heterocycles. The van der Waals surface area contributed by atoms with Crippen LogP contribution in [0.3, 0.4) is 0 Å². The Labute approximate surface area is 823 Å². The molecule has 5 N–H and O–H groups in total. The molecule has 1 aliphatic rings. The largest absolute Gasteiger partial charge is 0.497 e. The highest BCUT2D eigenvalue weighted by Crippen LogP contribution is 2.43. The third-order valence-electron chi connectivity index (χ3n) is 23.0. The quantitative estimate of drug-likeness (QED) is 0.0225. The van der Waals surface area contributed by atoms with E-state index in [0.717, 1.165) is 117 Å². The molecule has 1 saturated heterocycles. The van der Waals surface area contributed by atoms with E-state index in [1.54, 1.807) is 106 Å². The lowest BCUT2D eigenvalue weighted by molar-refractivity contribution is 0.0931. The van der Waals surface area contributed by atoms with Crippen molar-refractivity contribution in [2.24, 2.45) is 0 Å². The van der Waals surface area contributed by atoms with E-state index < -0.39 is 34.4 Å². The first kappa shape index (κ1) is 103. The van der Waals surface area contributed by atoms with Crippen LogP contribution in [0.5, 0.6) is 28.7 Å². The van der Waals surface area contributed by atoms with Crippen molar-refractivity contribution in [3.8, 4) is 115 Å². The zero-order valence-corrected chi connectivity index (χ0v) is 82.4. The van der Waals surface area contributed by atoms with Crippen molar-refractivity contribution in [3.63, 3.8) is 0 Å². The summed E-state index contributed by atoms with van der Waals surface area (Å²) in [6, 6.07) is 76.9. The lowest BCUT2D eigenvalue weighted by Crippen LogP contribution is -2.22. The topological polar surface area (TPSA) is 398 Å². The summed E-state index contributed by atoms with van der Waals surface area (Å²) in [6.45, 7) is 24.3. The third kappa shape index (κ3) is 24.0. The second kappa shape index (κ2) is 48.4. The number of ether oxygens (including phenoxy) is 10. The molecule has 1 aliphatic heterocycles. The van der Waals surface area contributed by atoms with Crippen LogP contribution < -0.4 is 49.7 Å². The molecule has 141 heavy (non-hydrogen) atoms. The molecule has 0 saturated carbocycles. The van der Waals surface area contributed by atoms with E-state index in [1.165, 1.54) is 0 Å². The zero-order chi connectivity index (χ0) is 101. The summed E-state index contributed by atoms with van der Waals surface area (Å²) in [4.78, 5) is 47.6. The number of nitrogens with one attached hydrogen (secondary N) is 5. The summed E-state index contributed by atoms with van der Waals surface area (Å²) in [7, 11) is 3.05. The van der Waals surface area contributed by atoms with Crippen molar-refractivity contribution in [2.75, 3.05) is 99.1 Å². The number of benzene rings is 10. The lowest BCUT2D eigenvalue weighted by Gasteiger charge is -2.13. The maximum Gasteiger partial charge on any atom is 0.411 e. The Morgan fingerprint density at radius 1 is 0.397 bits per heavy atom. The number of nitrogens with zero attached hydrogens (tertiary/aromatic N) is 10. The number of aromatic nitrogens is 5. The summed E-state index contributed by atoms with van der Waals surface area (Å²) < 4.78 is 89.3. The highest BCUT2D eigenvalue weighted by atomic mass is 35.5. The van der Waals surface area contributed by atoms with Crippen LogP contribution in [0.4, 0.5) is 47.6 Å². The summed E-state index contributed by atoms with van der Waals surface area (Å²) in [5.74, 6) is 3.94. The highest BCUT2D eigenvalue weighted by molar-refractivity contribution is 7.92. The van der Waals surface area contributed by atoms with Crippen molar-refractivity contribution >= 4 is 129 Å². The minimum atomic E-state index is -3.37. The molecule has 16 rings (SSSR count). The van der Waals surface area contributed by atoms with Gasteiger partial charge in [0, 0.05) is 134 Å². The number of nitriles is 5. The predicted octanol–water partition coefficient (Wildman–Crippen LogP) is 23.8. The third-order valence-corrected chi connectivity index (χ3v) is 24.4. The van der Waals surface area contributed by atoms with Crippen LogP contribution in [0.1, 0.15) is 103 Å². The van der Waals surface area contributed by atoms with Gasteiger partial charge in [0.25, 0.3) is 0 Å². The van der Waals surface area contributed by atoms with Crippen LogP contribution in [0.2, 0.25) is 0 Å². The van der Waals surface area contributed by atoms with Gasteiger partial charge in [0.15, 0.2) is 0 Å². The van der Waals surface area contributed by atoms with Gasteiger partial charge in [0.1, 0.15) is 71.8 Å². The number of hydrogen-bond acceptors (Lipinski definition) is 21. The van der Waals surface area contributed by atoms with E-state index in [9.17, 15) is 53.9 Å². The van der Waals surface area contributed by atoms with Crippen LogP contribution >= 0.6 is 11.6 Å². The maximum atomic E-state index is 12.2. The van der Waals surface area contributed by atoms with Crippen LogP contribution in [0.25, 0.3) is 111 Å². The molecule has 0 aliphatic carbocycles. The Hall–Kier alpha value is -16.6. The smallest absolute Gasteiger partial charge is 0.411 e. The van der Waals surface area contributed by atoms with Crippen molar-refractivity contribution in [1.82, 2.24) is 22.8 Å². The Morgan fingerprint density at radius 3 is 1.03 bits per heavy atom. The average molecular weight is 1940 g/mol. The number of carbonyl (C=O) groups excluding carboxylic acids is 4. The van der Waals surface area contributed by atoms with Crippen LogP contribution in [-0.4, -0.2) is 141 Å². The van der Waals surface area contributed by atoms with Gasteiger partial charge in [-0.15, -0.1) is 11.6 Å². The Kier molecular flexibility index (Phi) is 35.5. The first-order valence-corrected chi connectivity index (χ1v) is 48.1. The fraction of sp³-hybridized carbons (Fsp3) is 0.269. The lowest BCUT2D eigenvalue weighted by atomic mass is 10.1. The number of fused-ring (bicyclic) bond motifs is 5. The van der Waals surface area contributed by atoms with Crippen molar-refractivity contribution < 1.29 is 75.0 Å². The van der Waals surface area contributed by atoms with Gasteiger partial charge < -0.3 is 70.2 Å². The number of sulfonamides is 1. The van der Waals surface area contributed by atoms with E-state index in [2.05, 4.69) is 79.2 Å². The van der Waals surface area contributed by atoms with Gasteiger partial charge in [0.2, 0.25) is 10.0 Å². The second-order valence-electron chi connectivity index (χ2n) is 31.8. The maximum absolute atomic E-state index is 12.2. The highest BCUT2D eigenvalue weighted by Gasteiger charge is 2.28. The molecule has 4 amide bonds. The van der Waals surface area contributed by atoms with Crippen LogP contribution in [0, 0.1) is 56.7 Å². The fourth-order valence-electron chi connectivity index (χ4n) is 16.9. The van der Waals surface area contributed by atoms with Gasteiger partial charge >= 0.3 is 24.4 Å². The van der Waals surface area contributed by atoms with Crippen molar-refractivity contribution in [3.05, 3.63) is 240 Å². The molecule has 1 atom stereocenters. The number of carbonyl (C=O) groups is 4. The van der Waals surface area contributed by atoms with E-state index >= 15 is 0 Å². The summed E-state index contributed by atoms with van der Waals surface area (Å²) in [6.07, 6.45) is -1.74. The normalized spacial score (nSPS) is 11.8. The molecule has 0 unspecified atom stereocenters. The monoisotopic (exact) mass is 1940 g/mol. The van der Waals surface area contributed by atoms with Crippen molar-refractivity contribution in [1.29, 1.82) is 26.3 Å². The summed E-state index contributed by atoms with van der Waals surface area (Å²) in [5.41, 5.74) is 18.6. The minimum absolute atomic E-state index is 0.00428. The number of halogens is 1. The average Bonchev–Trinajstić information content (AvgIpc) is 1.62. The van der Waals surface area contributed by atoms with Crippen LogP contribution in [-0.2, 0) is 66.4 Å². The molecule has 0 bridgehead atoms. The molecular formula is C108H110ClN15O16S. The standard InChI is InChI=1S/C23H23N3O4.C22H22ClN3O3.C22H23N3O3.C21H21N3O3.C20H21N3O3S/c1-3-26-21-12-17(28-2)7-8-19(21)20(13-24)22(26)15-5-4-6-16(11-15)25-23(27)30-18-9-10-29-14-18;1-3-26-20-13-17(29-11-10-23)8-9-18(20)19(14-24)21(26)15-6-5-7-16(12-15)25-22(27)28-4-2;1-5-25-20-10-9-17(27-4)12-18(20)19(13-23)21(25)15-7-6-8-16(11-15)24-22(26)28-14(2)3;1-4-24-19-10-9-16(26-3)12-17(19)18(13-22)20(24)14-7-6-8-15(11-14)23-21(25)27-5-2;1-4-23-19-10-9-16(26-3)12-17(19)18(13-21)20(23)14-7-6-8-15(11-14)22-27(24,25)5-2/h4-8,11-12,18H,3,9-10,14H2,1-2H3,(H,25,27);5-9,12-13H,3-4,10-11H2,1-2H3,(H,25,27);6-12,14H,5H2,1-4H3,(H,24,26);6-12H,4-5H2,1-3H3,(H,23,25);6-12,22H,4-5H2,1-3H3/t18-;;;;/m1..../s1. The molecular weight excluding hydrogens is 1830 g/mol. The molecule has 31 nitrogen and oxygen atoms in total. The first-order chi connectivity index (χ1) is 68.3. The Morgan fingerprint density at radius 2 is 0.709 bits per heavy atom. The van der Waals surface area contributed by atoms with Gasteiger partial charge in [-0.3, -0.25) is 26.0 Å². The van der Waals surface area contributed by atoms with Gasteiger partial charge in [-0.05, 0) is 209 Å². The predicted molar refractivity (Wildman–Crippen MR) is 550 cm³/mol. The van der Waals surface area contributed by atoms with E-state index in [-0.39, 0.29) is 18.0 Å². The number of alkyl halides is 1. The summed E-state index contributed by atoms with van der Waals surface area (Å²) >= 11 is 5.72. The Bertz CT molecular complexity index is 7460. The molecule has 15 aromatic rings. The number of anilines is 5. The number of aryl methyl sites for hydroxylation is 5. The van der Waals surface area contributed by atoms with E-state index in [1.807, 2.05) is 204 Å². The molecule has 6 heterocycles. The second-order valence-corrected chi connectivity index (χ2v) is 34.2. The molecule has 726 valence electrons. The SMILES string of the molecule is CCOC(=O)Nc1cccc(-c2c(C#N)c3cc(OC)ccc3n2CC)c1.CCOC(=O)Nc1cccc(-c2c(C#N)c3ccc(OCCCl)cc3n2CC)c1.CCn1c(-c2cccc(NC(=O)OC(C)C)c2)c(C#N)c2cc(OC)ccc21.CCn1c(-c2cccc(NC(=O)O[C@@H]3CCOC3)c2)c(C#N)c2ccc(OC)cc21.CCn1c(-c2cccc(NS(=O)(=O)CC)c2)c(C#N)c2cc(OC)ccc21. The van der Waals surface area contributed by atoms with Crippen molar-refractivity contribution in [2.45, 2.75) is 121 Å². The Balaban J connectivity index is 0.000000158. The number of hydrogen-bond donors (Lipinski definition) is 5. The molecule has 0 radical (unpaired) electrons. The number of rotatable bonds is 28. The molecule has 33 heteroatoms. The molecule has 10 aromatic carbocycles. The van der Waals surface area contributed by atoms with Crippen LogP contribution in [0.15, 0.2) is 212 Å². The van der Waals surface area contributed by atoms with E-state index in [4.69, 9.17) is 59.0 Å².